The van der Waals surface area contributed by atoms with E-state index in [-0.39, 0.29) is 12.4 Å². The molecule has 0 aliphatic carbocycles. The molecule has 22 heavy (non-hydrogen) atoms. The van der Waals surface area contributed by atoms with Crippen molar-refractivity contribution in [3.8, 4) is 0 Å². The lowest BCUT2D eigenvalue weighted by Gasteiger charge is -1.94. The van der Waals surface area contributed by atoms with E-state index in [4.69, 9.17) is 0 Å². The summed E-state index contributed by atoms with van der Waals surface area (Å²) in [4.78, 5) is 0. The van der Waals surface area contributed by atoms with Crippen LogP contribution >= 0.6 is 0 Å². The molecule has 0 aromatic carbocycles. The molecular formula is C12H22BClF4N4. The molecule has 0 radical (unpaired) electrons. The topological polar surface area (TPSA) is 17.6 Å². The van der Waals surface area contributed by atoms with Crippen molar-refractivity contribution in [2.24, 2.45) is 14.1 Å². The number of rotatable bonds is 2. The molecule has 4 nitrogen and oxygen atoms in total. The zero-order valence-electron chi connectivity index (χ0n) is 13.1. The second-order valence-corrected chi connectivity index (χ2v) is 4.31. The van der Waals surface area contributed by atoms with Crippen LogP contribution in [0.2, 0.25) is 0 Å². The average Bonchev–Trinajstić information content (AvgIpc) is 2.96. The quantitative estimate of drug-likeness (QED) is 0.377. The second-order valence-electron chi connectivity index (χ2n) is 4.31. The molecule has 0 N–H and O–H groups in total. The summed E-state index contributed by atoms with van der Waals surface area (Å²) in [5.74, 6) is 0. The zero-order valence-corrected chi connectivity index (χ0v) is 13.9. The minimum absolute atomic E-state index is 0. The smallest absolute Gasteiger partial charge is 0.673 e. The number of aromatic nitrogens is 4. The lowest BCUT2D eigenvalue weighted by molar-refractivity contribution is -0.671. The molecule has 0 aliphatic rings. The van der Waals surface area contributed by atoms with Crippen molar-refractivity contribution in [1.29, 1.82) is 0 Å². The fourth-order valence-corrected chi connectivity index (χ4v) is 1.38. The molecule has 0 atom stereocenters. The highest BCUT2D eigenvalue weighted by molar-refractivity contribution is 6.50. The molecule has 10 heteroatoms. The molecule has 0 aliphatic heterocycles. The summed E-state index contributed by atoms with van der Waals surface area (Å²) in [5.41, 5.74) is 0. The molecule has 2 heterocycles. The number of hydrogen-bond donors (Lipinski definition) is 0. The fraction of sp³-hybridized carbons (Fsp3) is 0.500. The van der Waals surface area contributed by atoms with Crippen LogP contribution in [0.15, 0.2) is 37.4 Å². The molecule has 2 aromatic rings. The van der Waals surface area contributed by atoms with Crippen molar-refractivity contribution in [1.82, 2.24) is 9.13 Å². The van der Waals surface area contributed by atoms with Gasteiger partial charge in [0, 0.05) is 0 Å². The van der Waals surface area contributed by atoms with Gasteiger partial charge in [0.2, 0.25) is 12.7 Å². The van der Waals surface area contributed by atoms with Gasteiger partial charge in [-0.15, -0.1) is 0 Å². The maximum Gasteiger partial charge on any atom is 0.673 e. The number of imidazole rings is 2. The number of hydrogen-bond acceptors (Lipinski definition) is 0. The summed E-state index contributed by atoms with van der Waals surface area (Å²) in [6.07, 6.45) is 12.3. The van der Waals surface area contributed by atoms with Gasteiger partial charge < -0.3 is 29.7 Å². The molecule has 0 fully saturated rings. The van der Waals surface area contributed by atoms with E-state index >= 15 is 0 Å². The molecule has 0 amide bonds. The maximum atomic E-state index is 9.75. The Morgan fingerprint density at radius 1 is 0.818 bits per heavy atom. The van der Waals surface area contributed by atoms with E-state index in [9.17, 15) is 17.3 Å². The summed E-state index contributed by atoms with van der Waals surface area (Å²) in [6, 6.07) is 0. The zero-order chi connectivity index (χ0) is 16.5. The summed E-state index contributed by atoms with van der Waals surface area (Å²) >= 11 is 0. The van der Waals surface area contributed by atoms with Gasteiger partial charge in [-0.25, -0.2) is 18.3 Å². The van der Waals surface area contributed by atoms with Crippen LogP contribution in [0.4, 0.5) is 17.3 Å². The molecule has 0 saturated carbocycles. The van der Waals surface area contributed by atoms with Gasteiger partial charge in [0.25, 0.3) is 0 Å². The molecule has 0 spiro atoms. The Morgan fingerprint density at radius 2 is 1.09 bits per heavy atom. The van der Waals surface area contributed by atoms with Gasteiger partial charge in [-0.3, -0.25) is 0 Å². The number of halogens is 5. The van der Waals surface area contributed by atoms with E-state index in [1.807, 2.05) is 35.6 Å². The van der Waals surface area contributed by atoms with Gasteiger partial charge in [0.05, 0.1) is 27.2 Å². The van der Waals surface area contributed by atoms with Crippen molar-refractivity contribution in [2.45, 2.75) is 26.9 Å². The minimum atomic E-state index is -6.00. The van der Waals surface area contributed by atoms with Crippen molar-refractivity contribution in [3.05, 3.63) is 37.4 Å². The van der Waals surface area contributed by atoms with E-state index in [2.05, 4.69) is 48.0 Å². The first kappa shape index (κ1) is 22.8. The normalized spacial score (nSPS) is 9.82. The maximum absolute atomic E-state index is 9.75. The van der Waals surface area contributed by atoms with Gasteiger partial charge in [0.15, 0.2) is 0 Å². The van der Waals surface area contributed by atoms with Crippen molar-refractivity contribution >= 4 is 7.25 Å². The number of nitrogens with zero attached hydrogens (tertiary/aromatic N) is 4. The first-order valence-electron chi connectivity index (χ1n) is 6.55. The molecule has 0 bridgehead atoms. The average molecular weight is 345 g/mol. The Morgan fingerprint density at radius 3 is 1.18 bits per heavy atom. The molecule has 2 rings (SSSR count). The Bertz CT molecular complexity index is 467. The van der Waals surface area contributed by atoms with Gasteiger partial charge in [-0.05, 0) is 13.8 Å². The standard InChI is InChI=1S/2C6H11N2.BF4.ClH/c2*1-3-8-5-4-7(2)6-8;2-1(3,4)5;/h2*4-6H,3H2,1-2H3;;1H/q2*+1;-1;/p-1. The van der Waals surface area contributed by atoms with Crippen LogP contribution in [-0.2, 0) is 27.2 Å². The Labute approximate surface area is 134 Å². The Balaban J connectivity index is 0. The lowest BCUT2D eigenvalue weighted by Crippen LogP contribution is -3.00. The van der Waals surface area contributed by atoms with Crippen LogP contribution in [0.25, 0.3) is 0 Å². The van der Waals surface area contributed by atoms with E-state index in [1.165, 1.54) is 0 Å². The van der Waals surface area contributed by atoms with Crippen LogP contribution in [0.3, 0.4) is 0 Å². The minimum Gasteiger partial charge on any atom is -1.00 e. The lowest BCUT2D eigenvalue weighted by atomic mass is 10.3. The summed E-state index contributed by atoms with van der Waals surface area (Å²) in [5, 5.41) is 0. The molecular weight excluding hydrogens is 322 g/mol. The van der Waals surface area contributed by atoms with Gasteiger partial charge in [-0.1, -0.05) is 0 Å². The van der Waals surface area contributed by atoms with Crippen LogP contribution in [0.1, 0.15) is 13.8 Å². The van der Waals surface area contributed by atoms with E-state index in [0.29, 0.717) is 0 Å². The van der Waals surface area contributed by atoms with E-state index < -0.39 is 7.25 Å². The number of aryl methyl sites for hydroxylation is 4. The van der Waals surface area contributed by atoms with Gasteiger partial charge >= 0.3 is 7.25 Å². The summed E-state index contributed by atoms with van der Waals surface area (Å²) in [6.45, 7) is 6.36. The third-order valence-electron chi connectivity index (χ3n) is 2.38. The second kappa shape index (κ2) is 11.1. The Kier molecular flexibility index (Phi) is 11.5. The molecule has 0 unspecified atom stereocenters. The predicted molar refractivity (Wildman–Crippen MR) is 72.8 cm³/mol. The third kappa shape index (κ3) is 13.5. The fourth-order valence-electron chi connectivity index (χ4n) is 1.38. The van der Waals surface area contributed by atoms with Crippen LogP contribution in [-0.4, -0.2) is 16.4 Å². The van der Waals surface area contributed by atoms with E-state index in [0.717, 1.165) is 13.1 Å². The van der Waals surface area contributed by atoms with Crippen LogP contribution in [0.5, 0.6) is 0 Å². The highest BCUT2D eigenvalue weighted by Gasteiger charge is 2.20. The molecule has 2 aromatic heterocycles. The largest absolute Gasteiger partial charge is 1.00 e. The molecule has 0 saturated heterocycles. The van der Waals surface area contributed by atoms with Crippen LogP contribution in [0, 0.1) is 0 Å². The van der Waals surface area contributed by atoms with Gasteiger partial charge in [0.1, 0.15) is 24.8 Å². The van der Waals surface area contributed by atoms with E-state index in [1.54, 1.807) is 0 Å². The van der Waals surface area contributed by atoms with Crippen molar-refractivity contribution in [3.63, 3.8) is 0 Å². The molecule has 128 valence electrons. The first-order valence-corrected chi connectivity index (χ1v) is 6.55. The van der Waals surface area contributed by atoms with Crippen LogP contribution < -0.4 is 21.5 Å². The Hall–Kier alpha value is -1.51. The third-order valence-corrected chi connectivity index (χ3v) is 2.38. The van der Waals surface area contributed by atoms with Gasteiger partial charge in [-0.2, -0.15) is 0 Å². The van der Waals surface area contributed by atoms with Crippen molar-refractivity contribution < 1.29 is 38.8 Å². The first-order chi connectivity index (χ1) is 9.65. The SMILES string of the molecule is CCn1cc[n+](C)c1.CCn1cc[n+](C)c1.F[B-](F)(F)F.[Cl-]. The highest BCUT2D eigenvalue weighted by atomic mass is 35.5. The van der Waals surface area contributed by atoms with Crippen molar-refractivity contribution in [2.75, 3.05) is 0 Å². The monoisotopic (exact) mass is 344 g/mol. The summed E-state index contributed by atoms with van der Waals surface area (Å²) in [7, 11) is -1.96. The predicted octanol–water partition coefficient (Wildman–Crippen LogP) is -1.03. The highest BCUT2D eigenvalue weighted by Crippen LogP contribution is 2.06. The summed E-state index contributed by atoms with van der Waals surface area (Å²) < 4.78 is 47.3.